The summed E-state index contributed by atoms with van der Waals surface area (Å²) in [5.74, 6) is 0. The molecule has 0 bridgehead atoms. The molecule has 0 aromatic heterocycles. The van der Waals surface area contributed by atoms with Gasteiger partial charge in [-0.05, 0) is 164 Å². The molecule has 1 heteroatoms. The van der Waals surface area contributed by atoms with Gasteiger partial charge in [-0.3, -0.25) is 0 Å². The summed E-state index contributed by atoms with van der Waals surface area (Å²) in [7, 11) is -1.47. The second-order valence-electron chi connectivity index (χ2n) is 18.5. The summed E-state index contributed by atoms with van der Waals surface area (Å²) in [5, 5.41) is 12.9. The zero-order valence-corrected chi connectivity index (χ0v) is 38.2. The molecule has 0 atom stereocenters. The summed E-state index contributed by atoms with van der Waals surface area (Å²) in [6, 6.07) is 74.1. The third-order valence-corrected chi connectivity index (χ3v) is 17.3. The fourth-order valence-corrected chi connectivity index (χ4v) is 14.2. The maximum atomic E-state index is 2.54. The minimum absolute atomic E-state index is 0.0801. The van der Waals surface area contributed by atoms with Gasteiger partial charge in [0.25, 0.3) is 0 Å². The van der Waals surface area contributed by atoms with Gasteiger partial charge in [-0.2, -0.15) is 10.0 Å². The summed E-state index contributed by atoms with van der Waals surface area (Å²) in [6.45, 7) is 8.76. The van der Waals surface area contributed by atoms with Crippen molar-refractivity contribution >= 4 is 63.9 Å². The van der Waals surface area contributed by atoms with Crippen molar-refractivity contribution in [3.63, 3.8) is 0 Å². The summed E-state index contributed by atoms with van der Waals surface area (Å²) in [6.07, 6.45) is 5.08. The summed E-state index contributed by atoms with van der Waals surface area (Å²) in [5.41, 5.74) is 15.8. The van der Waals surface area contributed by atoms with Crippen molar-refractivity contribution in [2.24, 2.45) is 0 Å². The van der Waals surface area contributed by atoms with Gasteiger partial charge in [0, 0.05) is 20.6 Å². The maximum absolute atomic E-state index is 2.54. The van der Waals surface area contributed by atoms with Crippen LogP contribution in [0.4, 0.5) is 0 Å². The Bertz CT molecular complexity index is 3750. The van der Waals surface area contributed by atoms with E-state index in [1.807, 2.05) is 13.8 Å². The summed E-state index contributed by atoms with van der Waals surface area (Å²) < 4.78 is 0. The number of fused-ring (bicyclic) bond motifs is 12. The van der Waals surface area contributed by atoms with Crippen LogP contribution < -0.4 is 0 Å². The zero-order chi connectivity index (χ0) is 43.5. The molecule has 2 aliphatic rings. The Balaban J connectivity index is 0.00000214. The normalized spacial score (nSPS) is 14.5. The molecule has 0 N–H and O–H groups in total. The molecule has 0 unspecified atom stereocenters. The molecule has 0 nitrogen and oxygen atoms in total. The van der Waals surface area contributed by atoms with Gasteiger partial charge in [0.15, 0.2) is 0 Å². The van der Waals surface area contributed by atoms with Crippen LogP contribution in [0.1, 0.15) is 38.8 Å². The van der Waals surface area contributed by atoms with E-state index in [2.05, 4.69) is 220 Å². The molecule has 11 aromatic rings. The van der Waals surface area contributed by atoms with Crippen molar-refractivity contribution in [2.45, 2.75) is 42.9 Å². The van der Waals surface area contributed by atoms with E-state index in [4.69, 9.17) is 0 Å². The highest BCUT2D eigenvalue weighted by molar-refractivity contribution is 8.33. The lowest BCUT2D eigenvalue weighted by Crippen LogP contribution is -2.14. The maximum Gasteiger partial charge on any atom is 0.0159 e. The van der Waals surface area contributed by atoms with Gasteiger partial charge in [-0.1, -0.05) is 185 Å². The Kier molecular flexibility index (Phi) is 8.65. The van der Waals surface area contributed by atoms with Crippen LogP contribution in [0.2, 0.25) is 0 Å². The second-order valence-corrected chi connectivity index (χ2v) is 22.0. The van der Waals surface area contributed by atoms with E-state index < -0.39 is 10.0 Å². The highest BCUT2D eigenvalue weighted by atomic mass is 32.3. The van der Waals surface area contributed by atoms with E-state index in [1.165, 1.54) is 130 Å². The lowest BCUT2D eigenvalue weighted by atomic mass is 9.81. The van der Waals surface area contributed by atoms with Crippen LogP contribution in [0, 0.1) is 0 Å². The van der Waals surface area contributed by atoms with Gasteiger partial charge >= 0.3 is 0 Å². The molecule has 1 aliphatic heterocycles. The number of benzene rings is 11. The van der Waals surface area contributed by atoms with E-state index in [-0.39, 0.29) is 5.41 Å². The largest absolute Gasteiger partial charge is 0.192 e. The third-order valence-electron chi connectivity index (χ3n) is 14.4. The van der Waals surface area contributed by atoms with Crippen molar-refractivity contribution in [3.8, 4) is 55.6 Å². The molecule has 13 rings (SSSR count). The van der Waals surface area contributed by atoms with Gasteiger partial charge in [0.05, 0.1) is 0 Å². The molecule has 0 saturated carbocycles. The van der Waals surface area contributed by atoms with Crippen molar-refractivity contribution < 1.29 is 0 Å². The zero-order valence-electron chi connectivity index (χ0n) is 37.4. The Hall–Kier alpha value is -6.93. The van der Waals surface area contributed by atoms with Gasteiger partial charge in [0.1, 0.15) is 0 Å². The molecule has 0 radical (unpaired) electrons. The van der Waals surface area contributed by atoms with Crippen LogP contribution in [0.3, 0.4) is 0 Å². The molecule has 1 heterocycles. The fourth-order valence-electron chi connectivity index (χ4n) is 11.4. The minimum atomic E-state index is -1.47. The third kappa shape index (κ3) is 5.57. The lowest BCUT2D eigenvalue weighted by Gasteiger charge is -2.31. The molecule has 308 valence electrons. The van der Waals surface area contributed by atoms with Crippen LogP contribution in [0.25, 0.3) is 109 Å². The quantitative estimate of drug-likeness (QED) is 0.156. The van der Waals surface area contributed by atoms with Crippen LogP contribution in [0.5, 0.6) is 0 Å². The minimum Gasteiger partial charge on any atom is -0.192 e. The Labute approximate surface area is 378 Å². The Morgan fingerprint density at radius 1 is 0.344 bits per heavy atom. The van der Waals surface area contributed by atoms with Crippen LogP contribution in [-0.2, 0) is 5.41 Å². The van der Waals surface area contributed by atoms with Crippen molar-refractivity contribution in [3.05, 3.63) is 205 Å². The monoisotopic (exact) mass is 838 g/mol. The first kappa shape index (κ1) is 38.7. The SMILES string of the molecule is CC.CC1(C)c2ccccc2-c2ccc(-c3ccc4c(-c5ccc6ccccc6c5)c5ccc6c(c5c(-c5ccc7ccccc7c5)c4c3)S(C)(C)c3cc4ccccc4cc3-6)cc21. The summed E-state index contributed by atoms with van der Waals surface area (Å²) >= 11 is 0. The number of hydrogen-bond acceptors (Lipinski definition) is 0. The van der Waals surface area contributed by atoms with Crippen LogP contribution in [0.15, 0.2) is 204 Å². The fraction of sp³-hybridized carbons (Fsp3) is 0.111. The molecular formula is C63H50S. The first-order valence-electron chi connectivity index (χ1n) is 22.8. The van der Waals surface area contributed by atoms with Gasteiger partial charge in [0.2, 0.25) is 0 Å². The molecule has 0 spiro atoms. The average molecular weight is 839 g/mol. The van der Waals surface area contributed by atoms with Gasteiger partial charge in [-0.15, -0.1) is 0 Å². The summed E-state index contributed by atoms with van der Waals surface area (Å²) in [4.78, 5) is 2.97. The second kappa shape index (κ2) is 14.3. The van der Waals surface area contributed by atoms with Crippen molar-refractivity contribution in [1.82, 2.24) is 0 Å². The molecule has 1 aliphatic carbocycles. The van der Waals surface area contributed by atoms with Gasteiger partial charge in [-0.25, -0.2) is 0 Å². The predicted molar refractivity (Wildman–Crippen MR) is 281 cm³/mol. The van der Waals surface area contributed by atoms with E-state index in [0.717, 1.165) is 0 Å². The van der Waals surface area contributed by atoms with E-state index in [9.17, 15) is 0 Å². The first-order chi connectivity index (χ1) is 31.2. The highest BCUT2D eigenvalue weighted by Crippen LogP contribution is 2.71. The lowest BCUT2D eigenvalue weighted by molar-refractivity contribution is 0.660. The highest BCUT2D eigenvalue weighted by Gasteiger charge is 2.37. The molecule has 0 amide bonds. The average Bonchev–Trinajstić information content (AvgIpc) is 3.71. The smallest absolute Gasteiger partial charge is 0.0159 e. The standard InChI is InChI=1S/C61H44S.C2H6/c1-61(2)54-20-12-11-19-47(54)48-27-25-44(35-55(48)61)43-26-28-49-53(34-43)58(46-24-22-38-14-6-8-16-40(38)32-46)59-51(57(49)45-23-21-37-13-5-7-15-39(37)31-45)30-29-50-52-33-41-17-9-10-18-42(41)36-56(52)62(3,4)60(50)59;1-2/h5-36H,1-4H3;1-2H3. The number of hydrogen-bond donors (Lipinski definition) is 0. The Morgan fingerprint density at radius 3 is 1.53 bits per heavy atom. The van der Waals surface area contributed by atoms with Crippen LogP contribution >= 0.6 is 10.0 Å². The predicted octanol–water partition coefficient (Wildman–Crippen LogP) is 18.2. The Morgan fingerprint density at radius 2 is 0.844 bits per heavy atom. The molecular weight excluding hydrogens is 789 g/mol. The van der Waals surface area contributed by atoms with Crippen molar-refractivity contribution in [1.29, 1.82) is 0 Å². The van der Waals surface area contributed by atoms with E-state index in [1.54, 1.807) is 0 Å². The van der Waals surface area contributed by atoms with E-state index in [0.29, 0.717) is 0 Å². The molecule has 0 saturated heterocycles. The van der Waals surface area contributed by atoms with Crippen LogP contribution in [-0.4, -0.2) is 12.5 Å². The van der Waals surface area contributed by atoms with E-state index >= 15 is 0 Å². The molecule has 0 fully saturated rings. The molecule has 11 aromatic carbocycles. The first-order valence-corrected chi connectivity index (χ1v) is 25.3. The topological polar surface area (TPSA) is 0 Å². The number of rotatable bonds is 3. The van der Waals surface area contributed by atoms with Crippen molar-refractivity contribution in [2.75, 3.05) is 12.5 Å². The van der Waals surface area contributed by atoms with Gasteiger partial charge < -0.3 is 0 Å². The molecule has 64 heavy (non-hydrogen) atoms.